The lowest BCUT2D eigenvalue weighted by Gasteiger charge is -2.34. The van der Waals surface area contributed by atoms with E-state index in [2.05, 4.69) is 16.7 Å². The maximum Gasteiger partial charge on any atom is 0.305 e. The lowest BCUT2D eigenvalue weighted by atomic mass is 10.2. The van der Waals surface area contributed by atoms with Crippen LogP contribution in [0.5, 0.6) is 5.75 Å². The molecule has 0 aliphatic carbocycles. The van der Waals surface area contributed by atoms with E-state index >= 15 is 0 Å². The molecule has 1 saturated heterocycles. The molecule has 0 atom stereocenters. The molecule has 0 spiro atoms. The van der Waals surface area contributed by atoms with Gasteiger partial charge in [-0.15, -0.1) is 0 Å². The summed E-state index contributed by atoms with van der Waals surface area (Å²) in [6, 6.07) is 1.41. The summed E-state index contributed by atoms with van der Waals surface area (Å²) in [7, 11) is 0. The van der Waals surface area contributed by atoms with Crippen LogP contribution in [0.3, 0.4) is 0 Å². The molecule has 7 heteroatoms. The number of aryl methyl sites for hydroxylation is 1. The average molecular weight is 309 g/mol. The highest BCUT2D eigenvalue weighted by atomic mass is 16.4. The molecule has 0 bridgehead atoms. The topological polar surface area (TPSA) is 86.0 Å². The van der Waals surface area contributed by atoms with Crippen LogP contribution in [0, 0.1) is 0 Å². The summed E-state index contributed by atoms with van der Waals surface area (Å²) in [5, 5.41) is 18.4. The summed E-state index contributed by atoms with van der Waals surface area (Å²) < 4.78 is 1.66. The van der Waals surface area contributed by atoms with Crippen LogP contribution < -0.4 is 5.43 Å². The molecular formula is C15H23N3O4. The Morgan fingerprint density at radius 3 is 2.45 bits per heavy atom. The zero-order valence-corrected chi connectivity index (χ0v) is 12.9. The number of pyridine rings is 1. The van der Waals surface area contributed by atoms with Crippen molar-refractivity contribution in [1.29, 1.82) is 0 Å². The van der Waals surface area contributed by atoms with E-state index in [9.17, 15) is 14.7 Å². The quantitative estimate of drug-likeness (QED) is 0.779. The predicted molar refractivity (Wildman–Crippen MR) is 82.0 cm³/mol. The Balaban J connectivity index is 2.10. The third kappa shape index (κ3) is 4.32. The van der Waals surface area contributed by atoms with Crippen molar-refractivity contribution in [2.75, 3.05) is 32.7 Å². The average Bonchev–Trinajstić information content (AvgIpc) is 2.50. The molecule has 2 rings (SSSR count). The van der Waals surface area contributed by atoms with Gasteiger partial charge in [-0.2, -0.15) is 0 Å². The third-order valence-corrected chi connectivity index (χ3v) is 4.06. The standard InChI is InChI=1S/C15H23N3O4/c1-2-16-5-7-17(8-6-16)10-12-9-13(19)14(20)11-18(12)4-3-15(21)22/h9,11,20H,2-8,10H2,1H3,(H,21,22). The van der Waals surface area contributed by atoms with Crippen LogP contribution in [0.2, 0.25) is 0 Å². The molecule has 0 unspecified atom stereocenters. The number of hydrogen-bond acceptors (Lipinski definition) is 5. The van der Waals surface area contributed by atoms with Crippen LogP contribution in [0.4, 0.5) is 0 Å². The van der Waals surface area contributed by atoms with E-state index in [-0.39, 0.29) is 18.7 Å². The van der Waals surface area contributed by atoms with Crippen molar-refractivity contribution in [1.82, 2.24) is 14.4 Å². The van der Waals surface area contributed by atoms with Gasteiger partial charge in [0.15, 0.2) is 5.75 Å². The second-order valence-electron chi connectivity index (χ2n) is 5.56. The molecule has 0 saturated carbocycles. The molecule has 1 aliphatic rings. The normalized spacial score (nSPS) is 16.8. The Labute approximate surface area is 129 Å². The number of nitrogens with zero attached hydrogens (tertiary/aromatic N) is 3. The molecule has 2 heterocycles. The Morgan fingerprint density at radius 1 is 1.23 bits per heavy atom. The highest BCUT2D eigenvalue weighted by Crippen LogP contribution is 2.11. The minimum absolute atomic E-state index is 0.0427. The zero-order chi connectivity index (χ0) is 16.1. The first-order valence-corrected chi connectivity index (χ1v) is 7.58. The van der Waals surface area contributed by atoms with E-state index in [0.717, 1.165) is 38.4 Å². The number of likely N-dealkylation sites (N-methyl/N-ethyl adjacent to an activating group) is 1. The number of carboxylic acids is 1. The second kappa shape index (κ2) is 7.42. The number of carbonyl (C=O) groups is 1. The van der Waals surface area contributed by atoms with Gasteiger partial charge in [-0.25, -0.2) is 0 Å². The monoisotopic (exact) mass is 309 g/mol. The van der Waals surface area contributed by atoms with E-state index in [1.807, 2.05) is 0 Å². The van der Waals surface area contributed by atoms with E-state index in [4.69, 9.17) is 5.11 Å². The van der Waals surface area contributed by atoms with Crippen LogP contribution in [0.1, 0.15) is 19.0 Å². The van der Waals surface area contributed by atoms with Crippen LogP contribution in [-0.2, 0) is 17.9 Å². The summed E-state index contributed by atoms with van der Waals surface area (Å²) in [4.78, 5) is 27.0. The van der Waals surface area contributed by atoms with Gasteiger partial charge in [0.1, 0.15) is 0 Å². The predicted octanol–water partition coefficient (Wildman–Crippen LogP) is 0.166. The largest absolute Gasteiger partial charge is 0.503 e. The Morgan fingerprint density at radius 2 is 1.86 bits per heavy atom. The zero-order valence-electron chi connectivity index (χ0n) is 12.9. The molecule has 0 amide bonds. The van der Waals surface area contributed by atoms with Crippen molar-refractivity contribution in [3.05, 3.63) is 28.2 Å². The maximum atomic E-state index is 11.7. The van der Waals surface area contributed by atoms with Crippen LogP contribution >= 0.6 is 0 Å². The highest BCUT2D eigenvalue weighted by molar-refractivity contribution is 5.66. The molecule has 22 heavy (non-hydrogen) atoms. The number of aromatic hydroxyl groups is 1. The molecule has 1 fully saturated rings. The van der Waals surface area contributed by atoms with E-state index in [0.29, 0.717) is 6.54 Å². The fraction of sp³-hybridized carbons (Fsp3) is 0.600. The number of piperazine rings is 1. The number of rotatable bonds is 6. The Hall–Kier alpha value is -1.86. The van der Waals surface area contributed by atoms with Crippen LogP contribution in [-0.4, -0.2) is 63.3 Å². The van der Waals surface area contributed by atoms with E-state index < -0.39 is 11.4 Å². The summed E-state index contributed by atoms with van der Waals surface area (Å²) in [6.07, 6.45) is 1.29. The van der Waals surface area contributed by atoms with Gasteiger partial charge >= 0.3 is 5.97 Å². The van der Waals surface area contributed by atoms with Crippen LogP contribution in [0.15, 0.2) is 17.1 Å². The molecule has 1 aliphatic heterocycles. The number of aliphatic carboxylic acids is 1. The van der Waals surface area contributed by atoms with Gasteiger partial charge < -0.3 is 19.7 Å². The third-order valence-electron chi connectivity index (χ3n) is 4.06. The molecule has 1 aromatic rings. The fourth-order valence-electron chi connectivity index (χ4n) is 2.66. The minimum atomic E-state index is -0.902. The minimum Gasteiger partial charge on any atom is -0.503 e. The van der Waals surface area contributed by atoms with Crippen LogP contribution in [0.25, 0.3) is 0 Å². The first-order valence-electron chi connectivity index (χ1n) is 7.58. The van der Waals surface area contributed by atoms with Crippen molar-refractivity contribution in [3.63, 3.8) is 0 Å². The van der Waals surface area contributed by atoms with Crippen molar-refractivity contribution in [2.45, 2.75) is 26.4 Å². The summed E-state index contributed by atoms with van der Waals surface area (Å²) >= 11 is 0. The number of hydrogen-bond donors (Lipinski definition) is 2. The van der Waals surface area contributed by atoms with E-state index in [1.165, 1.54) is 12.3 Å². The van der Waals surface area contributed by atoms with Gasteiger partial charge in [-0.05, 0) is 6.54 Å². The lowest BCUT2D eigenvalue weighted by molar-refractivity contribution is -0.137. The molecular weight excluding hydrogens is 286 g/mol. The molecule has 0 aromatic carbocycles. The van der Waals surface area contributed by atoms with Gasteiger partial charge in [-0.3, -0.25) is 14.5 Å². The van der Waals surface area contributed by atoms with Gasteiger partial charge in [0, 0.05) is 51.0 Å². The number of carboxylic acid groups (broad SMARTS) is 1. The lowest BCUT2D eigenvalue weighted by Crippen LogP contribution is -2.46. The van der Waals surface area contributed by atoms with Gasteiger partial charge in [0.25, 0.3) is 0 Å². The smallest absolute Gasteiger partial charge is 0.305 e. The fourth-order valence-corrected chi connectivity index (χ4v) is 2.66. The summed E-state index contributed by atoms with van der Waals surface area (Å²) in [5.74, 6) is -1.24. The van der Waals surface area contributed by atoms with Gasteiger partial charge in [0.2, 0.25) is 5.43 Å². The SMILES string of the molecule is CCN1CCN(Cc2cc(=O)c(O)cn2CCC(=O)O)CC1. The molecule has 7 nitrogen and oxygen atoms in total. The molecule has 2 N–H and O–H groups in total. The van der Waals surface area contributed by atoms with Crippen molar-refractivity contribution < 1.29 is 15.0 Å². The first-order chi connectivity index (χ1) is 10.5. The van der Waals surface area contributed by atoms with Gasteiger partial charge in [-0.1, -0.05) is 6.92 Å². The van der Waals surface area contributed by atoms with Crippen molar-refractivity contribution in [3.8, 4) is 5.75 Å². The Kier molecular flexibility index (Phi) is 5.57. The molecule has 1 aromatic heterocycles. The van der Waals surface area contributed by atoms with Crippen molar-refractivity contribution in [2.24, 2.45) is 0 Å². The number of aromatic nitrogens is 1. The second-order valence-corrected chi connectivity index (χ2v) is 5.56. The maximum absolute atomic E-state index is 11.7. The summed E-state index contributed by atoms with van der Waals surface area (Å²) in [5.41, 5.74) is 0.322. The highest BCUT2D eigenvalue weighted by Gasteiger charge is 2.17. The molecule has 0 radical (unpaired) electrons. The first kappa shape index (κ1) is 16.5. The van der Waals surface area contributed by atoms with E-state index in [1.54, 1.807) is 4.57 Å². The van der Waals surface area contributed by atoms with Gasteiger partial charge in [0.05, 0.1) is 12.6 Å². The Bertz CT molecular complexity index is 577. The summed E-state index contributed by atoms with van der Waals surface area (Å²) in [6.45, 7) is 7.83. The van der Waals surface area contributed by atoms with Crippen molar-refractivity contribution >= 4 is 5.97 Å². The molecule has 122 valence electrons.